The Morgan fingerprint density at radius 2 is 1.90 bits per heavy atom. The molecule has 0 bridgehead atoms. The Balaban J connectivity index is 2.46. The van der Waals surface area contributed by atoms with Crippen molar-refractivity contribution in [2.75, 3.05) is 17.1 Å². The van der Waals surface area contributed by atoms with Gasteiger partial charge in [0.25, 0.3) is 10.0 Å². The highest BCUT2D eigenvalue weighted by Gasteiger charge is 2.22. The van der Waals surface area contributed by atoms with E-state index in [4.69, 9.17) is 5.73 Å². The third kappa shape index (κ3) is 2.73. The number of hydrogen-bond donors (Lipinski definition) is 2. The Kier molecular flexibility index (Phi) is 3.92. The Bertz CT molecular complexity index is 747. The van der Waals surface area contributed by atoms with Gasteiger partial charge in [-0.05, 0) is 46.3 Å². The molecule has 2 aromatic rings. The molecule has 2 rings (SSSR count). The van der Waals surface area contributed by atoms with Crippen LogP contribution in [0.3, 0.4) is 0 Å². The molecule has 5 nitrogen and oxygen atoms in total. The van der Waals surface area contributed by atoms with E-state index >= 15 is 0 Å². The number of rotatable bonds is 3. The summed E-state index contributed by atoms with van der Waals surface area (Å²) in [5, 5.41) is 9.43. The quantitative estimate of drug-likeness (QED) is 0.827. The summed E-state index contributed by atoms with van der Waals surface area (Å²) in [6, 6.07) is 10.4. The van der Waals surface area contributed by atoms with Gasteiger partial charge in [-0.25, -0.2) is 8.42 Å². The Morgan fingerprint density at radius 3 is 2.50 bits per heavy atom. The zero-order chi connectivity index (χ0) is 14.9. The monoisotopic (exact) mass is 356 g/mol. The van der Waals surface area contributed by atoms with Gasteiger partial charge in [-0.15, -0.1) is 0 Å². The first-order valence-corrected chi connectivity index (χ1v) is 7.88. The van der Waals surface area contributed by atoms with E-state index in [-0.39, 0.29) is 10.6 Å². The van der Waals surface area contributed by atoms with Gasteiger partial charge in [-0.1, -0.05) is 6.07 Å². The van der Waals surface area contributed by atoms with Gasteiger partial charge < -0.3 is 10.8 Å². The van der Waals surface area contributed by atoms with E-state index in [0.717, 1.165) is 4.31 Å². The van der Waals surface area contributed by atoms with Crippen LogP contribution < -0.4 is 10.0 Å². The fourth-order valence-electron chi connectivity index (χ4n) is 1.65. The van der Waals surface area contributed by atoms with Crippen molar-refractivity contribution >= 4 is 37.3 Å². The first kappa shape index (κ1) is 14.7. The molecule has 0 heterocycles. The molecule has 0 saturated heterocycles. The van der Waals surface area contributed by atoms with Crippen molar-refractivity contribution in [3.8, 4) is 5.75 Å². The molecular weight excluding hydrogens is 344 g/mol. The van der Waals surface area contributed by atoms with E-state index in [9.17, 15) is 13.5 Å². The molecular formula is C13H13BrN2O3S. The van der Waals surface area contributed by atoms with Crippen LogP contribution in [-0.4, -0.2) is 20.6 Å². The minimum Gasteiger partial charge on any atom is -0.508 e. The zero-order valence-corrected chi connectivity index (χ0v) is 13.0. The van der Waals surface area contributed by atoms with Crippen molar-refractivity contribution in [3.63, 3.8) is 0 Å². The second kappa shape index (κ2) is 5.34. The molecule has 0 saturated carbocycles. The van der Waals surface area contributed by atoms with Gasteiger partial charge >= 0.3 is 0 Å². The average molecular weight is 357 g/mol. The lowest BCUT2D eigenvalue weighted by Gasteiger charge is -2.20. The minimum absolute atomic E-state index is 0.00281. The molecule has 3 N–H and O–H groups in total. The lowest BCUT2D eigenvalue weighted by molar-refractivity contribution is 0.475. The number of aromatic hydroxyl groups is 1. The molecule has 0 atom stereocenters. The van der Waals surface area contributed by atoms with Crippen LogP contribution in [0.4, 0.5) is 11.4 Å². The van der Waals surface area contributed by atoms with E-state index in [0.29, 0.717) is 15.8 Å². The number of sulfonamides is 1. The molecule has 0 amide bonds. The third-order valence-corrected chi connectivity index (χ3v) is 5.29. The van der Waals surface area contributed by atoms with Crippen molar-refractivity contribution in [2.45, 2.75) is 4.90 Å². The standard InChI is InChI=1S/C13H13BrN2O3S/c1-16(9-3-2-4-10(17)7-9)20(18,19)11-5-6-13(15)12(14)8-11/h2-8,17H,15H2,1H3. The predicted octanol–water partition coefficient (Wildman–Crippen LogP) is 2.56. The van der Waals surface area contributed by atoms with Crippen LogP contribution in [0.25, 0.3) is 0 Å². The first-order valence-electron chi connectivity index (χ1n) is 5.65. The van der Waals surface area contributed by atoms with Crippen LogP contribution >= 0.6 is 15.9 Å². The molecule has 20 heavy (non-hydrogen) atoms. The van der Waals surface area contributed by atoms with Gasteiger partial charge in [0, 0.05) is 23.3 Å². The maximum absolute atomic E-state index is 12.5. The molecule has 0 aliphatic carbocycles. The molecule has 106 valence electrons. The molecule has 0 aliphatic heterocycles. The molecule has 0 aliphatic rings. The summed E-state index contributed by atoms with van der Waals surface area (Å²) in [5.41, 5.74) is 6.49. The van der Waals surface area contributed by atoms with E-state index in [1.54, 1.807) is 12.1 Å². The summed E-state index contributed by atoms with van der Waals surface area (Å²) in [7, 11) is -2.29. The van der Waals surface area contributed by atoms with Crippen LogP contribution in [0.5, 0.6) is 5.75 Å². The van der Waals surface area contributed by atoms with Gasteiger partial charge in [0.05, 0.1) is 10.6 Å². The molecule has 0 unspecified atom stereocenters. The fourth-order valence-corrected chi connectivity index (χ4v) is 3.40. The highest BCUT2D eigenvalue weighted by Crippen LogP contribution is 2.28. The number of nitrogens with zero attached hydrogens (tertiary/aromatic N) is 1. The van der Waals surface area contributed by atoms with E-state index in [1.165, 1.54) is 37.4 Å². The Hall–Kier alpha value is -1.73. The molecule has 2 aromatic carbocycles. The summed E-state index contributed by atoms with van der Waals surface area (Å²) in [6.07, 6.45) is 0. The van der Waals surface area contributed by atoms with Gasteiger partial charge in [0.1, 0.15) is 5.75 Å². The van der Waals surface area contributed by atoms with Crippen molar-refractivity contribution in [2.24, 2.45) is 0 Å². The summed E-state index contributed by atoms with van der Waals surface area (Å²) < 4.78 is 26.6. The zero-order valence-electron chi connectivity index (χ0n) is 10.6. The number of nitrogens with two attached hydrogens (primary N) is 1. The van der Waals surface area contributed by atoms with Gasteiger partial charge in [0.2, 0.25) is 0 Å². The van der Waals surface area contributed by atoms with Crippen molar-refractivity contribution < 1.29 is 13.5 Å². The summed E-state index contributed by atoms with van der Waals surface area (Å²) in [4.78, 5) is 0.115. The number of anilines is 2. The van der Waals surface area contributed by atoms with Gasteiger partial charge in [-0.2, -0.15) is 0 Å². The Morgan fingerprint density at radius 1 is 1.20 bits per heavy atom. The highest BCUT2D eigenvalue weighted by atomic mass is 79.9. The summed E-state index contributed by atoms with van der Waals surface area (Å²) in [6.45, 7) is 0. The molecule has 0 aromatic heterocycles. The Labute approximate surface area is 125 Å². The number of phenolic OH excluding ortho intramolecular Hbond substituents is 1. The largest absolute Gasteiger partial charge is 0.508 e. The van der Waals surface area contributed by atoms with Crippen LogP contribution in [-0.2, 0) is 10.0 Å². The molecule has 0 spiro atoms. The van der Waals surface area contributed by atoms with Crippen molar-refractivity contribution in [1.82, 2.24) is 0 Å². The maximum atomic E-state index is 12.5. The highest BCUT2D eigenvalue weighted by molar-refractivity contribution is 9.10. The lowest BCUT2D eigenvalue weighted by atomic mass is 10.3. The molecule has 0 radical (unpaired) electrons. The van der Waals surface area contributed by atoms with E-state index in [1.807, 2.05) is 0 Å². The second-order valence-corrected chi connectivity index (χ2v) is 7.00. The normalized spacial score (nSPS) is 11.3. The predicted molar refractivity (Wildman–Crippen MR) is 82.3 cm³/mol. The third-order valence-electron chi connectivity index (χ3n) is 2.82. The lowest BCUT2D eigenvalue weighted by Crippen LogP contribution is -2.26. The van der Waals surface area contributed by atoms with Crippen LogP contribution in [0, 0.1) is 0 Å². The number of benzene rings is 2. The number of phenols is 1. The molecule has 0 fully saturated rings. The van der Waals surface area contributed by atoms with E-state index < -0.39 is 10.0 Å². The summed E-state index contributed by atoms with van der Waals surface area (Å²) in [5.74, 6) is 0.00281. The van der Waals surface area contributed by atoms with Crippen molar-refractivity contribution in [1.29, 1.82) is 0 Å². The smallest absolute Gasteiger partial charge is 0.264 e. The maximum Gasteiger partial charge on any atom is 0.264 e. The van der Waals surface area contributed by atoms with E-state index in [2.05, 4.69) is 15.9 Å². The number of hydrogen-bond acceptors (Lipinski definition) is 4. The minimum atomic E-state index is -3.71. The topological polar surface area (TPSA) is 83.6 Å². The van der Waals surface area contributed by atoms with Crippen LogP contribution in [0.1, 0.15) is 0 Å². The van der Waals surface area contributed by atoms with Gasteiger partial charge in [0.15, 0.2) is 0 Å². The van der Waals surface area contributed by atoms with Crippen molar-refractivity contribution in [3.05, 3.63) is 46.9 Å². The average Bonchev–Trinajstić information content (AvgIpc) is 2.40. The number of nitrogen functional groups attached to an aromatic ring is 1. The SMILES string of the molecule is CN(c1cccc(O)c1)S(=O)(=O)c1ccc(N)c(Br)c1. The summed E-state index contributed by atoms with van der Waals surface area (Å²) >= 11 is 3.21. The van der Waals surface area contributed by atoms with Gasteiger partial charge in [-0.3, -0.25) is 4.31 Å². The second-order valence-electron chi connectivity index (χ2n) is 4.18. The van der Waals surface area contributed by atoms with Crippen LogP contribution in [0.2, 0.25) is 0 Å². The molecule has 7 heteroatoms. The first-order chi connectivity index (χ1) is 9.32. The van der Waals surface area contributed by atoms with Crippen LogP contribution in [0.15, 0.2) is 51.8 Å². The number of halogens is 1. The fraction of sp³-hybridized carbons (Fsp3) is 0.0769.